The summed E-state index contributed by atoms with van der Waals surface area (Å²) in [5, 5.41) is 14.1. The number of carbonyl (C=O) groups is 1. The first kappa shape index (κ1) is 23.5. The van der Waals surface area contributed by atoms with Gasteiger partial charge in [-0.1, -0.05) is 12.8 Å². The van der Waals surface area contributed by atoms with Crippen LogP contribution in [-0.4, -0.2) is 32.5 Å². The standard InChI is InChI=1S/C27H28FN7O/c1-16-10-21(15-34(2)33-16)18-11-19(13-29)23(28)20(12-18)14-31-27(36)24-25-22(8-9-30-24)32-26(35(25)3)17-6-4-5-7-17/h8-12,15,17,33H,4-7,14H2,1-3H3,(H,31,36). The fourth-order valence-corrected chi connectivity index (χ4v) is 5.19. The van der Waals surface area contributed by atoms with Crippen LogP contribution in [0.15, 0.2) is 42.4 Å². The predicted molar refractivity (Wildman–Crippen MR) is 135 cm³/mol. The second kappa shape index (κ2) is 9.46. The molecule has 0 saturated heterocycles. The van der Waals surface area contributed by atoms with E-state index in [1.807, 2.05) is 50.0 Å². The first-order chi connectivity index (χ1) is 17.4. The van der Waals surface area contributed by atoms with Gasteiger partial charge in [0, 0.05) is 55.8 Å². The van der Waals surface area contributed by atoms with Gasteiger partial charge in [0.25, 0.3) is 5.91 Å². The maximum Gasteiger partial charge on any atom is 0.272 e. The van der Waals surface area contributed by atoms with Gasteiger partial charge in [0.1, 0.15) is 17.7 Å². The lowest BCUT2D eigenvalue weighted by Gasteiger charge is -2.24. The molecule has 0 atom stereocenters. The number of benzene rings is 1. The lowest BCUT2D eigenvalue weighted by molar-refractivity contribution is 0.0947. The topological polar surface area (TPSA) is 98.9 Å². The Labute approximate surface area is 209 Å². The van der Waals surface area contributed by atoms with Crippen LogP contribution >= 0.6 is 0 Å². The van der Waals surface area contributed by atoms with E-state index in [-0.39, 0.29) is 23.4 Å². The molecule has 3 heterocycles. The second-order valence-corrected chi connectivity index (χ2v) is 9.46. The summed E-state index contributed by atoms with van der Waals surface area (Å²) < 4.78 is 17.0. The summed E-state index contributed by atoms with van der Waals surface area (Å²) in [6.45, 7) is 1.84. The van der Waals surface area contributed by atoms with Crippen molar-refractivity contribution in [3.05, 3.63) is 76.4 Å². The van der Waals surface area contributed by atoms with Crippen LogP contribution in [-0.2, 0) is 13.6 Å². The normalized spacial score (nSPS) is 15.9. The number of rotatable bonds is 5. The molecule has 9 heteroatoms. The number of aryl methyl sites for hydroxylation is 1. The number of fused-ring (bicyclic) bond motifs is 1. The monoisotopic (exact) mass is 485 g/mol. The molecule has 3 aromatic rings. The zero-order valence-electron chi connectivity index (χ0n) is 20.6. The van der Waals surface area contributed by atoms with Crippen LogP contribution in [0.1, 0.15) is 71.5 Å². The smallest absolute Gasteiger partial charge is 0.272 e. The predicted octanol–water partition coefficient (Wildman–Crippen LogP) is 4.26. The number of carbonyl (C=O) groups excluding carboxylic acids is 1. The van der Waals surface area contributed by atoms with Crippen LogP contribution in [0.2, 0.25) is 0 Å². The molecule has 1 aliphatic heterocycles. The van der Waals surface area contributed by atoms with E-state index in [2.05, 4.69) is 15.7 Å². The van der Waals surface area contributed by atoms with E-state index >= 15 is 4.39 Å². The maximum absolute atomic E-state index is 15.1. The number of amides is 1. The largest absolute Gasteiger partial charge is 0.346 e. The highest BCUT2D eigenvalue weighted by atomic mass is 19.1. The fourth-order valence-electron chi connectivity index (χ4n) is 5.19. The van der Waals surface area contributed by atoms with E-state index in [0.29, 0.717) is 17.0 Å². The van der Waals surface area contributed by atoms with Crippen molar-refractivity contribution in [3.63, 3.8) is 0 Å². The van der Waals surface area contributed by atoms with Gasteiger partial charge < -0.3 is 15.3 Å². The van der Waals surface area contributed by atoms with Crippen molar-refractivity contribution < 1.29 is 9.18 Å². The second-order valence-electron chi connectivity index (χ2n) is 9.46. The highest BCUT2D eigenvalue weighted by molar-refractivity contribution is 6.03. The van der Waals surface area contributed by atoms with Crippen LogP contribution in [0.4, 0.5) is 4.39 Å². The van der Waals surface area contributed by atoms with Crippen molar-refractivity contribution in [1.29, 1.82) is 5.26 Å². The zero-order valence-corrected chi connectivity index (χ0v) is 20.6. The van der Waals surface area contributed by atoms with Crippen LogP contribution in [0.3, 0.4) is 0 Å². The van der Waals surface area contributed by atoms with Gasteiger partial charge in [-0.2, -0.15) is 5.26 Å². The van der Waals surface area contributed by atoms with E-state index < -0.39 is 11.7 Å². The molecule has 0 spiro atoms. The molecule has 1 amide bonds. The van der Waals surface area contributed by atoms with Crippen LogP contribution in [0.5, 0.6) is 0 Å². The van der Waals surface area contributed by atoms with Crippen molar-refractivity contribution in [3.8, 4) is 6.07 Å². The Morgan fingerprint density at radius 3 is 2.81 bits per heavy atom. The number of hydrogen-bond acceptors (Lipinski definition) is 6. The first-order valence-electron chi connectivity index (χ1n) is 12.1. The molecule has 184 valence electrons. The summed E-state index contributed by atoms with van der Waals surface area (Å²) in [6.07, 6.45) is 9.93. The summed E-state index contributed by atoms with van der Waals surface area (Å²) in [7, 11) is 3.78. The summed E-state index contributed by atoms with van der Waals surface area (Å²) >= 11 is 0. The van der Waals surface area contributed by atoms with Gasteiger partial charge in [-0.05, 0) is 49.6 Å². The molecule has 8 nitrogen and oxygen atoms in total. The fraction of sp³-hybridized carbons (Fsp3) is 0.333. The average molecular weight is 486 g/mol. The lowest BCUT2D eigenvalue weighted by atomic mass is 9.98. The third-order valence-corrected chi connectivity index (χ3v) is 6.85. The zero-order chi connectivity index (χ0) is 25.4. The number of aromatic nitrogens is 3. The summed E-state index contributed by atoms with van der Waals surface area (Å²) in [6, 6.07) is 6.93. The lowest BCUT2D eigenvalue weighted by Crippen LogP contribution is -2.30. The minimum Gasteiger partial charge on any atom is -0.346 e. The number of hydrazine groups is 1. The van der Waals surface area contributed by atoms with Crippen LogP contribution in [0, 0.1) is 17.1 Å². The Kier molecular flexibility index (Phi) is 6.18. The number of nitrogens with zero attached hydrogens (tertiary/aromatic N) is 5. The molecule has 2 N–H and O–H groups in total. The van der Waals surface area contributed by atoms with Gasteiger partial charge in [-0.15, -0.1) is 0 Å². The number of halogens is 1. The quantitative estimate of drug-likeness (QED) is 0.560. The highest BCUT2D eigenvalue weighted by Gasteiger charge is 2.25. The van der Waals surface area contributed by atoms with E-state index in [9.17, 15) is 10.1 Å². The van der Waals surface area contributed by atoms with Crippen molar-refractivity contribution in [2.75, 3.05) is 7.05 Å². The molecule has 1 fully saturated rings. The molecule has 1 saturated carbocycles. The van der Waals surface area contributed by atoms with Gasteiger partial charge in [-0.25, -0.2) is 14.4 Å². The third kappa shape index (κ3) is 4.31. The molecular formula is C27H28FN7O. The van der Waals surface area contributed by atoms with Crippen LogP contribution < -0.4 is 10.7 Å². The molecule has 1 aliphatic carbocycles. The minimum atomic E-state index is -0.639. The molecule has 1 aromatic carbocycles. The molecular weight excluding hydrogens is 457 g/mol. The number of nitrogens with one attached hydrogen (secondary N) is 2. The SMILES string of the molecule is CC1=CC(c2cc(C#N)c(F)c(CNC(=O)c3nccc4nc(C5CCCC5)n(C)c34)c2)=CN(C)N1. The minimum absolute atomic E-state index is 0.0713. The summed E-state index contributed by atoms with van der Waals surface area (Å²) in [4.78, 5) is 22.3. The van der Waals surface area contributed by atoms with Gasteiger partial charge in [0.15, 0.2) is 5.69 Å². The molecule has 0 bridgehead atoms. The molecule has 2 aromatic heterocycles. The van der Waals surface area contributed by atoms with Crippen molar-refractivity contribution in [2.24, 2.45) is 7.05 Å². The third-order valence-electron chi connectivity index (χ3n) is 6.85. The number of nitriles is 1. The van der Waals surface area contributed by atoms with E-state index in [1.165, 1.54) is 18.9 Å². The van der Waals surface area contributed by atoms with Crippen molar-refractivity contribution in [2.45, 2.75) is 45.1 Å². The Bertz CT molecular complexity index is 1460. The molecule has 5 rings (SSSR count). The first-order valence-corrected chi connectivity index (χ1v) is 12.1. The van der Waals surface area contributed by atoms with Gasteiger partial charge >= 0.3 is 0 Å². The van der Waals surface area contributed by atoms with Gasteiger partial charge in [0.05, 0.1) is 16.6 Å². The van der Waals surface area contributed by atoms with Crippen LogP contribution in [0.25, 0.3) is 16.6 Å². The Hall–Kier alpha value is -4.19. The number of pyridine rings is 1. The molecule has 36 heavy (non-hydrogen) atoms. The Morgan fingerprint density at radius 1 is 1.31 bits per heavy atom. The molecule has 0 unspecified atom stereocenters. The Morgan fingerprint density at radius 2 is 2.08 bits per heavy atom. The average Bonchev–Trinajstić information content (AvgIpc) is 3.50. The summed E-state index contributed by atoms with van der Waals surface area (Å²) in [5.41, 5.74) is 7.39. The maximum atomic E-state index is 15.1. The van der Waals surface area contributed by atoms with Gasteiger partial charge in [-0.3, -0.25) is 9.80 Å². The van der Waals surface area contributed by atoms with E-state index in [1.54, 1.807) is 17.3 Å². The van der Waals surface area contributed by atoms with E-state index in [4.69, 9.17) is 4.98 Å². The van der Waals surface area contributed by atoms with Crippen molar-refractivity contribution in [1.82, 2.24) is 30.3 Å². The van der Waals surface area contributed by atoms with E-state index in [0.717, 1.165) is 35.5 Å². The molecule has 2 aliphatic rings. The summed E-state index contributed by atoms with van der Waals surface area (Å²) in [5.74, 6) is 0.313. The Balaban J connectivity index is 1.44. The number of hydrogen-bond donors (Lipinski definition) is 2. The number of imidazole rings is 1. The highest BCUT2D eigenvalue weighted by Crippen LogP contribution is 2.35. The van der Waals surface area contributed by atoms with Crippen molar-refractivity contribution >= 4 is 22.5 Å². The molecule has 0 radical (unpaired) electrons. The van der Waals surface area contributed by atoms with Gasteiger partial charge in [0.2, 0.25) is 0 Å². The number of allylic oxidation sites excluding steroid dienone is 3.